The van der Waals surface area contributed by atoms with Gasteiger partial charge in [0.25, 0.3) is 0 Å². The molecule has 114 valence electrons. The van der Waals surface area contributed by atoms with Crippen molar-refractivity contribution in [3.63, 3.8) is 0 Å². The van der Waals surface area contributed by atoms with Gasteiger partial charge >= 0.3 is 17.7 Å². The Morgan fingerprint density at radius 2 is 2.10 bits per heavy atom. The molecule has 0 aliphatic heterocycles. The van der Waals surface area contributed by atoms with Crippen molar-refractivity contribution >= 4 is 23.4 Å². The summed E-state index contributed by atoms with van der Waals surface area (Å²) in [4.78, 5) is 31.8. The summed E-state index contributed by atoms with van der Waals surface area (Å²) in [5.74, 6) is -2.47. The zero-order valence-electron chi connectivity index (χ0n) is 10.6. The molecular weight excluding hydrogens is 289 g/mol. The second kappa shape index (κ2) is 7.14. The van der Waals surface area contributed by atoms with Crippen LogP contribution in [0.4, 0.5) is 20.6 Å². The van der Waals surface area contributed by atoms with Crippen LogP contribution in [0.25, 0.3) is 0 Å². The quantitative estimate of drug-likeness (QED) is 0.450. The number of carbonyl (C=O) groups is 2. The Labute approximate surface area is 117 Å². The number of aliphatic hydroxyl groups excluding tert-OH is 1. The SMILES string of the molecule is O=C(Nc1ccc([N+](=O)[O-])c(F)c1)N[C@@H](CCO)C(=O)O. The standard InChI is InChI=1S/C11H12FN3O6/c12-7-5-6(1-2-9(7)15(20)21)13-11(19)14-8(3-4-16)10(17)18/h1-2,5,8,16H,3-4H2,(H,17,18)(H2,13,14,19)/t8-/m0/s1. The second-order valence-electron chi connectivity index (χ2n) is 3.92. The minimum Gasteiger partial charge on any atom is -0.480 e. The summed E-state index contributed by atoms with van der Waals surface area (Å²) < 4.78 is 13.3. The molecule has 0 radical (unpaired) electrons. The van der Waals surface area contributed by atoms with Gasteiger partial charge in [0.1, 0.15) is 6.04 Å². The molecule has 1 atom stereocenters. The first-order valence-corrected chi connectivity index (χ1v) is 5.70. The monoisotopic (exact) mass is 301 g/mol. The highest BCUT2D eigenvalue weighted by atomic mass is 19.1. The summed E-state index contributed by atoms with van der Waals surface area (Å²) in [5, 5.41) is 32.0. The minimum absolute atomic E-state index is 0.0799. The van der Waals surface area contributed by atoms with Crippen LogP contribution in [0.2, 0.25) is 0 Å². The summed E-state index contributed by atoms with van der Waals surface area (Å²) in [6.07, 6.45) is -0.197. The fourth-order valence-corrected chi connectivity index (χ4v) is 1.44. The summed E-state index contributed by atoms with van der Waals surface area (Å²) in [5.41, 5.74) is -0.826. The number of anilines is 1. The van der Waals surface area contributed by atoms with Gasteiger partial charge in [-0.1, -0.05) is 0 Å². The molecule has 4 N–H and O–H groups in total. The van der Waals surface area contributed by atoms with E-state index in [1.807, 2.05) is 0 Å². The van der Waals surface area contributed by atoms with Gasteiger partial charge in [0.15, 0.2) is 0 Å². The van der Waals surface area contributed by atoms with Crippen molar-refractivity contribution in [1.82, 2.24) is 5.32 Å². The van der Waals surface area contributed by atoms with E-state index in [9.17, 15) is 24.1 Å². The fourth-order valence-electron chi connectivity index (χ4n) is 1.44. The number of urea groups is 1. The van der Waals surface area contributed by atoms with Crippen LogP contribution in [0.3, 0.4) is 0 Å². The predicted molar refractivity (Wildman–Crippen MR) is 68.3 cm³/mol. The largest absolute Gasteiger partial charge is 0.480 e. The van der Waals surface area contributed by atoms with E-state index in [0.29, 0.717) is 0 Å². The zero-order valence-corrected chi connectivity index (χ0v) is 10.6. The van der Waals surface area contributed by atoms with Gasteiger partial charge in [-0.3, -0.25) is 10.1 Å². The van der Waals surface area contributed by atoms with E-state index in [2.05, 4.69) is 10.6 Å². The number of carboxylic acids is 1. The Morgan fingerprint density at radius 3 is 2.57 bits per heavy atom. The molecule has 0 spiro atoms. The molecule has 21 heavy (non-hydrogen) atoms. The molecule has 0 aliphatic rings. The van der Waals surface area contributed by atoms with Gasteiger partial charge in [-0.2, -0.15) is 4.39 Å². The number of hydrogen-bond acceptors (Lipinski definition) is 5. The highest BCUT2D eigenvalue weighted by Crippen LogP contribution is 2.20. The first kappa shape index (κ1) is 16.3. The molecule has 10 heteroatoms. The maximum absolute atomic E-state index is 13.3. The van der Waals surface area contributed by atoms with Crippen LogP contribution in [0, 0.1) is 15.9 Å². The van der Waals surface area contributed by atoms with E-state index in [0.717, 1.165) is 18.2 Å². The number of aliphatic carboxylic acids is 1. The molecule has 0 saturated heterocycles. The Bertz CT molecular complexity index is 565. The first-order chi connectivity index (χ1) is 9.85. The Balaban J connectivity index is 2.72. The van der Waals surface area contributed by atoms with E-state index < -0.39 is 41.1 Å². The maximum Gasteiger partial charge on any atom is 0.326 e. The molecule has 0 unspecified atom stereocenters. The summed E-state index contributed by atoms with van der Waals surface area (Å²) in [7, 11) is 0. The van der Waals surface area contributed by atoms with Crippen LogP contribution in [0.15, 0.2) is 18.2 Å². The first-order valence-electron chi connectivity index (χ1n) is 5.70. The molecule has 0 bridgehead atoms. The lowest BCUT2D eigenvalue weighted by atomic mass is 10.2. The van der Waals surface area contributed by atoms with Crippen molar-refractivity contribution in [3.8, 4) is 0 Å². The van der Waals surface area contributed by atoms with Crippen LogP contribution in [-0.2, 0) is 4.79 Å². The van der Waals surface area contributed by atoms with Gasteiger partial charge in [-0.05, 0) is 6.07 Å². The van der Waals surface area contributed by atoms with Gasteiger partial charge in [0.2, 0.25) is 5.82 Å². The molecule has 1 aromatic carbocycles. The van der Waals surface area contributed by atoms with Crippen molar-refractivity contribution < 1.29 is 29.1 Å². The number of benzene rings is 1. The van der Waals surface area contributed by atoms with E-state index in [4.69, 9.17) is 10.2 Å². The van der Waals surface area contributed by atoms with Crippen LogP contribution >= 0.6 is 0 Å². The van der Waals surface area contributed by atoms with Gasteiger partial charge < -0.3 is 20.8 Å². The number of nitrogens with one attached hydrogen (secondary N) is 2. The Kier molecular flexibility index (Phi) is 5.55. The molecule has 0 saturated carbocycles. The zero-order chi connectivity index (χ0) is 16.0. The molecule has 1 rings (SSSR count). The third kappa shape index (κ3) is 4.69. The second-order valence-corrected chi connectivity index (χ2v) is 3.92. The summed E-state index contributed by atoms with van der Waals surface area (Å²) in [6, 6.07) is 0.456. The molecule has 0 heterocycles. The van der Waals surface area contributed by atoms with Crippen molar-refractivity contribution in [2.75, 3.05) is 11.9 Å². The van der Waals surface area contributed by atoms with Crippen LogP contribution in [-0.4, -0.2) is 39.8 Å². The lowest BCUT2D eigenvalue weighted by Crippen LogP contribution is -2.43. The van der Waals surface area contributed by atoms with Crippen molar-refractivity contribution in [2.24, 2.45) is 0 Å². The number of nitro groups is 1. The number of halogens is 1. The molecule has 9 nitrogen and oxygen atoms in total. The number of carboxylic acid groups (broad SMARTS) is 1. The van der Waals surface area contributed by atoms with E-state index >= 15 is 0 Å². The number of nitrogens with zero attached hydrogens (tertiary/aromatic N) is 1. The molecule has 2 amide bonds. The topological polar surface area (TPSA) is 142 Å². The van der Waals surface area contributed by atoms with Crippen molar-refractivity contribution in [3.05, 3.63) is 34.1 Å². The van der Waals surface area contributed by atoms with Gasteiger partial charge in [-0.25, -0.2) is 9.59 Å². The predicted octanol–water partition coefficient (Wildman–Crippen LogP) is 0.691. The molecule has 0 aromatic heterocycles. The molecule has 0 aliphatic carbocycles. The summed E-state index contributed by atoms with van der Waals surface area (Å²) >= 11 is 0. The average molecular weight is 301 g/mol. The Morgan fingerprint density at radius 1 is 1.43 bits per heavy atom. The van der Waals surface area contributed by atoms with Crippen LogP contribution in [0.5, 0.6) is 0 Å². The van der Waals surface area contributed by atoms with Crippen molar-refractivity contribution in [2.45, 2.75) is 12.5 Å². The molecular formula is C11H12FN3O6. The Hall–Kier alpha value is -2.75. The third-order valence-corrected chi connectivity index (χ3v) is 2.42. The van der Waals surface area contributed by atoms with Crippen molar-refractivity contribution in [1.29, 1.82) is 0 Å². The smallest absolute Gasteiger partial charge is 0.326 e. The fraction of sp³-hybridized carbons (Fsp3) is 0.273. The molecule has 0 fully saturated rings. The number of amides is 2. The minimum atomic E-state index is -1.34. The number of hydrogen-bond donors (Lipinski definition) is 4. The normalized spacial score (nSPS) is 11.5. The van der Waals surface area contributed by atoms with Gasteiger partial charge in [0.05, 0.1) is 4.92 Å². The van der Waals surface area contributed by atoms with E-state index in [1.54, 1.807) is 0 Å². The lowest BCUT2D eigenvalue weighted by Gasteiger charge is -2.14. The lowest BCUT2D eigenvalue weighted by molar-refractivity contribution is -0.387. The highest BCUT2D eigenvalue weighted by Gasteiger charge is 2.20. The number of nitro benzene ring substituents is 1. The number of carbonyl (C=O) groups excluding carboxylic acids is 1. The van der Waals surface area contributed by atoms with Crippen LogP contribution in [0.1, 0.15) is 6.42 Å². The maximum atomic E-state index is 13.3. The summed E-state index contributed by atoms with van der Waals surface area (Å²) in [6.45, 7) is -0.441. The van der Waals surface area contributed by atoms with Crippen LogP contribution < -0.4 is 10.6 Å². The average Bonchev–Trinajstić information content (AvgIpc) is 2.37. The molecule has 1 aromatic rings. The number of rotatable bonds is 6. The number of aliphatic hydroxyl groups is 1. The third-order valence-electron chi connectivity index (χ3n) is 2.42. The van der Waals surface area contributed by atoms with Gasteiger partial charge in [0, 0.05) is 30.8 Å². The van der Waals surface area contributed by atoms with E-state index in [1.165, 1.54) is 0 Å². The highest BCUT2D eigenvalue weighted by molar-refractivity contribution is 5.92. The van der Waals surface area contributed by atoms with E-state index in [-0.39, 0.29) is 12.1 Å². The van der Waals surface area contributed by atoms with Gasteiger partial charge in [-0.15, -0.1) is 0 Å².